The van der Waals surface area contributed by atoms with Gasteiger partial charge in [0.05, 0.1) is 29.8 Å². The van der Waals surface area contributed by atoms with E-state index in [4.69, 9.17) is 27.9 Å². The maximum atomic E-state index is 13.0. The third-order valence-electron chi connectivity index (χ3n) is 6.23. The minimum absolute atomic E-state index is 0.0584. The molecule has 0 saturated carbocycles. The normalized spacial score (nSPS) is 20.2. The Hall–Kier alpha value is -1.73. The van der Waals surface area contributed by atoms with Crippen molar-refractivity contribution in [1.29, 1.82) is 0 Å². The van der Waals surface area contributed by atoms with Crippen molar-refractivity contribution in [2.45, 2.75) is 23.5 Å². The van der Waals surface area contributed by atoms with Gasteiger partial charge in [-0.3, -0.25) is 4.79 Å². The van der Waals surface area contributed by atoms with Crippen LogP contribution in [0.2, 0.25) is 10.0 Å². The molecule has 0 aromatic heterocycles. The predicted octanol–water partition coefficient (Wildman–Crippen LogP) is 3.19. The summed E-state index contributed by atoms with van der Waals surface area (Å²) in [5.41, 5.74) is 0.883. The first-order valence-electron chi connectivity index (χ1n) is 11.5. The van der Waals surface area contributed by atoms with E-state index < -0.39 is 26.0 Å². The highest BCUT2D eigenvalue weighted by molar-refractivity contribution is 7.89. The molecule has 2 saturated heterocycles. The number of amides is 1. The van der Waals surface area contributed by atoms with Gasteiger partial charge in [-0.25, -0.2) is 21.1 Å². The fourth-order valence-corrected chi connectivity index (χ4v) is 7.83. The molecule has 0 spiro atoms. The number of nitrogens with one attached hydrogen (secondary N) is 1. The number of hydrogen-bond donors (Lipinski definition) is 1. The van der Waals surface area contributed by atoms with Gasteiger partial charge in [-0.2, -0.15) is 4.31 Å². The number of carbonyl (C=O) groups is 1. The lowest BCUT2D eigenvalue weighted by molar-refractivity contribution is -0.120. The summed E-state index contributed by atoms with van der Waals surface area (Å²) in [4.78, 5) is 13.0. The quantitative estimate of drug-likeness (QED) is 0.542. The van der Waals surface area contributed by atoms with E-state index in [9.17, 15) is 21.6 Å². The van der Waals surface area contributed by atoms with Crippen molar-refractivity contribution in [1.82, 2.24) is 8.61 Å². The number of benzene rings is 2. The number of morpholine rings is 1. The highest BCUT2D eigenvalue weighted by Gasteiger charge is 2.33. The van der Waals surface area contributed by atoms with Crippen LogP contribution in [0.5, 0.6) is 0 Å². The second-order valence-corrected chi connectivity index (χ2v) is 13.5. The number of piperidine rings is 1. The van der Waals surface area contributed by atoms with Crippen LogP contribution in [0.3, 0.4) is 0 Å². The first-order chi connectivity index (χ1) is 17.1. The van der Waals surface area contributed by atoms with Crippen LogP contribution in [-0.2, 0) is 35.3 Å². The summed E-state index contributed by atoms with van der Waals surface area (Å²) < 4.78 is 59.5. The Morgan fingerprint density at radius 3 is 2.33 bits per heavy atom. The lowest BCUT2D eigenvalue weighted by atomic mass is 9.99. The van der Waals surface area contributed by atoms with E-state index in [1.165, 1.54) is 38.9 Å². The van der Waals surface area contributed by atoms with Crippen LogP contribution in [0.1, 0.15) is 18.4 Å². The maximum absolute atomic E-state index is 13.0. The second-order valence-electron chi connectivity index (χ2n) is 8.72. The van der Waals surface area contributed by atoms with Gasteiger partial charge in [0.25, 0.3) is 0 Å². The van der Waals surface area contributed by atoms with E-state index in [1.54, 1.807) is 12.1 Å². The lowest BCUT2D eigenvalue weighted by Crippen LogP contribution is -2.44. The molecule has 1 atom stereocenters. The standard InChI is InChI=1S/C23H27Cl2N3O6S2/c24-19-4-3-18(22(25)14-19)16-35(30,31)28-9-1-2-17(15-28)23(29)26-20-5-7-21(8-6-20)36(32,33)27-10-12-34-13-11-27/h3-8,14,17H,1-2,9-13,15-16H2,(H,26,29)/t17-/m0/s1. The van der Waals surface area contributed by atoms with Crippen molar-refractivity contribution in [2.75, 3.05) is 44.7 Å². The Kier molecular flexibility index (Phi) is 8.60. The maximum Gasteiger partial charge on any atom is 0.243 e. The zero-order valence-electron chi connectivity index (χ0n) is 19.4. The lowest BCUT2D eigenvalue weighted by Gasteiger charge is -2.31. The number of ether oxygens (including phenoxy) is 1. The Labute approximate surface area is 221 Å². The van der Waals surface area contributed by atoms with Crippen molar-refractivity contribution in [2.24, 2.45) is 5.92 Å². The average molecular weight is 577 g/mol. The van der Waals surface area contributed by atoms with Crippen LogP contribution in [-0.4, -0.2) is 70.7 Å². The molecule has 1 N–H and O–H groups in total. The smallest absolute Gasteiger partial charge is 0.243 e. The fourth-order valence-electron chi connectivity index (χ4n) is 4.23. The Morgan fingerprint density at radius 1 is 0.972 bits per heavy atom. The SMILES string of the molecule is O=C(Nc1ccc(S(=O)(=O)N2CCOCC2)cc1)[C@H]1CCCN(S(=O)(=O)Cc2ccc(Cl)cc2Cl)C1. The summed E-state index contributed by atoms with van der Waals surface area (Å²) in [5.74, 6) is -1.13. The molecule has 2 aromatic rings. The van der Waals surface area contributed by atoms with Gasteiger partial charge in [0.15, 0.2) is 0 Å². The van der Waals surface area contributed by atoms with Gasteiger partial charge in [-0.05, 0) is 54.8 Å². The van der Waals surface area contributed by atoms with E-state index in [2.05, 4.69) is 5.32 Å². The molecule has 0 aliphatic carbocycles. The van der Waals surface area contributed by atoms with E-state index in [0.29, 0.717) is 62.0 Å². The largest absolute Gasteiger partial charge is 0.379 e. The van der Waals surface area contributed by atoms with Crippen molar-refractivity contribution >= 4 is 54.8 Å². The summed E-state index contributed by atoms with van der Waals surface area (Å²) >= 11 is 12.0. The number of carbonyl (C=O) groups excluding carboxylic acids is 1. The summed E-state index contributed by atoms with van der Waals surface area (Å²) in [7, 11) is -7.33. The van der Waals surface area contributed by atoms with E-state index >= 15 is 0 Å². The molecule has 0 unspecified atom stereocenters. The number of sulfonamides is 2. The molecule has 4 rings (SSSR count). The van der Waals surface area contributed by atoms with Crippen LogP contribution in [0.4, 0.5) is 5.69 Å². The van der Waals surface area contributed by atoms with Gasteiger partial charge in [-0.1, -0.05) is 29.3 Å². The zero-order chi connectivity index (χ0) is 25.9. The Balaban J connectivity index is 1.38. The van der Waals surface area contributed by atoms with Crippen molar-refractivity contribution in [3.63, 3.8) is 0 Å². The molecule has 2 aromatic carbocycles. The predicted molar refractivity (Wildman–Crippen MR) is 138 cm³/mol. The summed E-state index contributed by atoms with van der Waals surface area (Å²) in [6.07, 6.45) is 1.09. The average Bonchev–Trinajstić information content (AvgIpc) is 2.87. The van der Waals surface area contributed by atoms with E-state index in [0.717, 1.165) is 0 Å². The van der Waals surface area contributed by atoms with Crippen LogP contribution in [0.15, 0.2) is 47.4 Å². The molecule has 36 heavy (non-hydrogen) atoms. The van der Waals surface area contributed by atoms with Crippen molar-refractivity contribution < 1.29 is 26.4 Å². The van der Waals surface area contributed by atoms with Crippen LogP contribution in [0.25, 0.3) is 0 Å². The molecular weight excluding hydrogens is 549 g/mol. The highest BCUT2D eigenvalue weighted by Crippen LogP contribution is 2.27. The molecule has 2 fully saturated rings. The topological polar surface area (TPSA) is 113 Å². The van der Waals surface area contributed by atoms with Gasteiger partial charge in [0.1, 0.15) is 0 Å². The van der Waals surface area contributed by atoms with Crippen LogP contribution >= 0.6 is 23.2 Å². The van der Waals surface area contributed by atoms with E-state index in [1.807, 2.05) is 0 Å². The van der Waals surface area contributed by atoms with Crippen LogP contribution in [0, 0.1) is 5.92 Å². The monoisotopic (exact) mass is 575 g/mol. The molecule has 9 nitrogen and oxygen atoms in total. The van der Waals surface area contributed by atoms with Gasteiger partial charge in [0.2, 0.25) is 26.0 Å². The zero-order valence-corrected chi connectivity index (χ0v) is 22.5. The Morgan fingerprint density at radius 2 is 1.67 bits per heavy atom. The van der Waals surface area contributed by atoms with E-state index in [-0.39, 0.29) is 28.1 Å². The minimum Gasteiger partial charge on any atom is -0.379 e. The Bertz CT molecular complexity index is 1310. The minimum atomic E-state index is -3.70. The second kappa shape index (κ2) is 11.3. The molecule has 0 bridgehead atoms. The van der Waals surface area contributed by atoms with Crippen LogP contribution < -0.4 is 5.32 Å². The molecular formula is C23H27Cl2N3O6S2. The number of nitrogens with zero attached hydrogens (tertiary/aromatic N) is 2. The first-order valence-corrected chi connectivity index (χ1v) is 15.3. The van der Waals surface area contributed by atoms with Gasteiger partial charge in [0, 0.05) is 41.9 Å². The summed E-state index contributed by atoms with van der Waals surface area (Å²) in [6, 6.07) is 10.6. The van der Waals surface area contributed by atoms with Gasteiger partial charge >= 0.3 is 0 Å². The molecule has 13 heteroatoms. The highest BCUT2D eigenvalue weighted by atomic mass is 35.5. The number of rotatable bonds is 7. The van der Waals surface area contributed by atoms with Gasteiger partial charge in [-0.15, -0.1) is 0 Å². The molecule has 2 aliphatic heterocycles. The summed E-state index contributed by atoms with van der Waals surface area (Å²) in [6.45, 7) is 1.69. The molecule has 2 heterocycles. The van der Waals surface area contributed by atoms with Crippen molar-refractivity contribution in [3.05, 3.63) is 58.1 Å². The third-order valence-corrected chi connectivity index (χ3v) is 10.5. The molecule has 0 radical (unpaired) electrons. The fraction of sp³-hybridized carbons (Fsp3) is 0.435. The third kappa shape index (κ3) is 6.39. The van der Waals surface area contributed by atoms with Gasteiger partial charge < -0.3 is 10.1 Å². The van der Waals surface area contributed by atoms with Crippen molar-refractivity contribution in [3.8, 4) is 0 Å². The molecule has 2 aliphatic rings. The number of hydrogen-bond acceptors (Lipinski definition) is 6. The first kappa shape index (κ1) is 27.3. The summed E-state index contributed by atoms with van der Waals surface area (Å²) in [5, 5.41) is 3.48. The molecule has 196 valence electrons. The molecule has 1 amide bonds. The number of halogens is 2. The number of anilines is 1.